The average Bonchev–Trinajstić information content (AvgIpc) is 3.11. The highest BCUT2D eigenvalue weighted by molar-refractivity contribution is 9.10. The fraction of sp³-hybridized carbons (Fsp3) is 0.0455. The lowest BCUT2D eigenvalue weighted by Gasteiger charge is -2.19. The van der Waals surface area contributed by atoms with Gasteiger partial charge in [0.2, 0.25) is 0 Å². The minimum atomic E-state index is -3.78. The van der Waals surface area contributed by atoms with E-state index in [4.69, 9.17) is 0 Å². The van der Waals surface area contributed by atoms with Gasteiger partial charge < -0.3 is 10.3 Å². The van der Waals surface area contributed by atoms with E-state index >= 15 is 0 Å². The Morgan fingerprint density at radius 3 is 2.40 bits per heavy atom. The lowest BCUT2D eigenvalue weighted by atomic mass is 10.2. The zero-order chi connectivity index (χ0) is 21.3. The Morgan fingerprint density at radius 1 is 0.967 bits per heavy atom. The Labute approximate surface area is 182 Å². The molecule has 0 radical (unpaired) electrons. The fourth-order valence-electron chi connectivity index (χ4n) is 3.13. The molecule has 3 aromatic carbocycles. The smallest absolute Gasteiger partial charge is 0.273 e. The van der Waals surface area contributed by atoms with Gasteiger partial charge in [0.05, 0.1) is 15.1 Å². The van der Waals surface area contributed by atoms with Crippen LogP contribution in [0.25, 0.3) is 10.9 Å². The highest BCUT2D eigenvalue weighted by Gasteiger charge is 2.22. The molecule has 0 unspecified atom stereocenters. The van der Waals surface area contributed by atoms with Crippen molar-refractivity contribution in [1.82, 2.24) is 4.98 Å². The first-order valence-corrected chi connectivity index (χ1v) is 11.3. The van der Waals surface area contributed by atoms with Crippen LogP contribution in [0.15, 0.2) is 88.2 Å². The van der Waals surface area contributed by atoms with Gasteiger partial charge in [-0.15, -0.1) is 0 Å². The number of anilines is 2. The first-order chi connectivity index (χ1) is 14.4. The van der Waals surface area contributed by atoms with E-state index in [1.807, 2.05) is 30.3 Å². The number of aromatic nitrogens is 1. The molecule has 1 heterocycles. The molecule has 0 bridgehead atoms. The van der Waals surface area contributed by atoms with Gasteiger partial charge in [-0.1, -0.05) is 42.5 Å². The quantitative estimate of drug-likeness (QED) is 0.418. The molecule has 8 heteroatoms. The summed E-state index contributed by atoms with van der Waals surface area (Å²) in [7, 11) is -2.28. The lowest BCUT2D eigenvalue weighted by Crippen LogP contribution is -2.26. The van der Waals surface area contributed by atoms with Gasteiger partial charge >= 0.3 is 0 Å². The number of nitrogens with zero attached hydrogens (tertiary/aromatic N) is 1. The summed E-state index contributed by atoms with van der Waals surface area (Å²) in [5.41, 5.74) is 2.13. The third-order valence-electron chi connectivity index (χ3n) is 4.74. The number of carbonyl (C=O) groups excluding carboxylic acids is 1. The maximum atomic E-state index is 13.0. The molecule has 0 saturated heterocycles. The third-order valence-corrected chi connectivity index (χ3v) is 7.35. The van der Waals surface area contributed by atoms with E-state index in [0.717, 1.165) is 10.9 Å². The molecule has 152 valence electrons. The van der Waals surface area contributed by atoms with Gasteiger partial charge in [0.1, 0.15) is 5.69 Å². The average molecular weight is 484 g/mol. The second-order valence-corrected chi connectivity index (χ2v) is 9.41. The molecule has 0 aliphatic heterocycles. The number of hydrogen-bond acceptors (Lipinski definition) is 3. The molecule has 4 rings (SSSR count). The molecular weight excluding hydrogens is 466 g/mol. The number of halogens is 1. The van der Waals surface area contributed by atoms with Crippen molar-refractivity contribution in [2.45, 2.75) is 4.90 Å². The van der Waals surface area contributed by atoms with Crippen LogP contribution in [-0.2, 0) is 10.0 Å². The highest BCUT2D eigenvalue weighted by Crippen LogP contribution is 2.29. The van der Waals surface area contributed by atoms with Crippen molar-refractivity contribution in [3.8, 4) is 0 Å². The minimum Gasteiger partial charge on any atom is -0.350 e. The predicted molar refractivity (Wildman–Crippen MR) is 122 cm³/mol. The topological polar surface area (TPSA) is 82.3 Å². The Hall–Kier alpha value is -3.10. The summed E-state index contributed by atoms with van der Waals surface area (Å²) in [6.45, 7) is 0. The molecule has 0 aliphatic carbocycles. The third kappa shape index (κ3) is 3.71. The number of hydrogen-bond donors (Lipinski definition) is 2. The number of para-hydroxylation sites is 2. The molecule has 6 nitrogen and oxygen atoms in total. The van der Waals surface area contributed by atoms with E-state index < -0.39 is 10.0 Å². The molecule has 4 aromatic rings. The van der Waals surface area contributed by atoms with Gasteiger partial charge in [0.15, 0.2) is 0 Å². The number of sulfonamides is 1. The van der Waals surface area contributed by atoms with Crippen LogP contribution in [0.3, 0.4) is 0 Å². The van der Waals surface area contributed by atoms with Crippen LogP contribution in [0.1, 0.15) is 10.5 Å². The second-order valence-electron chi connectivity index (χ2n) is 6.65. The SMILES string of the molecule is CN(c1ccccc1)S(=O)(=O)c1cccc(NC(=O)c2[nH]c3ccccc3c2Br)c1. The summed E-state index contributed by atoms with van der Waals surface area (Å²) in [4.78, 5) is 16.0. The molecule has 0 fully saturated rings. The first-order valence-electron chi connectivity index (χ1n) is 9.09. The molecule has 2 N–H and O–H groups in total. The Bertz CT molecular complexity index is 1330. The van der Waals surface area contributed by atoms with Crippen molar-refractivity contribution in [2.24, 2.45) is 0 Å². The summed E-state index contributed by atoms with van der Waals surface area (Å²) in [6.07, 6.45) is 0. The molecule has 0 atom stereocenters. The minimum absolute atomic E-state index is 0.0855. The van der Waals surface area contributed by atoms with Gasteiger partial charge in [0.25, 0.3) is 15.9 Å². The first kappa shape index (κ1) is 20.2. The summed E-state index contributed by atoms with van der Waals surface area (Å²) >= 11 is 3.46. The second kappa shape index (κ2) is 7.97. The maximum Gasteiger partial charge on any atom is 0.273 e. The monoisotopic (exact) mass is 483 g/mol. The normalized spacial score (nSPS) is 11.4. The van der Waals surface area contributed by atoms with Gasteiger partial charge in [-0.3, -0.25) is 9.10 Å². The van der Waals surface area contributed by atoms with Crippen LogP contribution >= 0.6 is 15.9 Å². The van der Waals surface area contributed by atoms with Crippen molar-refractivity contribution in [2.75, 3.05) is 16.7 Å². The van der Waals surface area contributed by atoms with E-state index in [9.17, 15) is 13.2 Å². The summed E-state index contributed by atoms with van der Waals surface area (Å²) in [5, 5.41) is 3.66. The van der Waals surface area contributed by atoms with Gasteiger partial charge in [-0.05, 0) is 52.3 Å². The maximum absolute atomic E-state index is 13.0. The Kier molecular flexibility index (Phi) is 5.36. The van der Waals surface area contributed by atoms with Crippen LogP contribution in [0.2, 0.25) is 0 Å². The van der Waals surface area contributed by atoms with Crippen LogP contribution in [-0.4, -0.2) is 26.4 Å². The summed E-state index contributed by atoms with van der Waals surface area (Å²) in [6, 6.07) is 22.6. The number of benzene rings is 3. The highest BCUT2D eigenvalue weighted by atomic mass is 79.9. The number of rotatable bonds is 5. The molecule has 0 spiro atoms. The van der Waals surface area contributed by atoms with Crippen molar-refractivity contribution in [3.63, 3.8) is 0 Å². The van der Waals surface area contributed by atoms with Gasteiger partial charge in [0, 0.05) is 23.6 Å². The van der Waals surface area contributed by atoms with Crippen LogP contribution < -0.4 is 9.62 Å². The largest absolute Gasteiger partial charge is 0.350 e. The van der Waals surface area contributed by atoms with E-state index in [0.29, 0.717) is 21.5 Å². The van der Waals surface area contributed by atoms with Gasteiger partial charge in [-0.2, -0.15) is 0 Å². The molecule has 30 heavy (non-hydrogen) atoms. The number of amides is 1. The summed E-state index contributed by atoms with van der Waals surface area (Å²) < 4.78 is 27.9. The number of H-pyrrole nitrogens is 1. The molecule has 0 aliphatic rings. The van der Waals surface area contributed by atoms with Crippen molar-refractivity contribution >= 4 is 54.1 Å². The predicted octanol–water partition coefficient (Wildman–Crippen LogP) is 5.01. The summed E-state index contributed by atoms with van der Waals surface area (Å²) in [5.74, 6) is -0.371. The van der Waals surface area contributed by atoms with E-state index in [-0.39, 0.29) is 10.8 Å². The number of nitrogens with one attached hydrogen (secondary N) is 2. The van der Waals surface area contributed by atoms with Crippen LogP contribution in [0.4, 0.5) is 11.4 Å². The number of carbonyl (C=O) groups is 1. The fourth-order valence-corrected chi connectivity index (χ4v) is 4.99. The molecular formula is C22H18BrN3O3S. The number of aromatic amines is 1. The molecule has 0 saturated carbocycles. The van der Waals surface area contributed by atoms with E-state index in [1.54, 1.807) is 36.4 Å². The van der Waals surface area contributed by atoms with Crippen molar-refractivity contribution in [1.29, 1.82) is 0 Å². The van der Waals surface area contributed by atoms with Crippen molar-refractivity contribution < 1.29 is 13.2 Å². The molecule has 1 amide bonds. The van der Waals surface area contributed by atoms with E-state index in [2.05, 4.69) is 26.2 Å². The van der Waals surface area contributed by atoms with Crippen LogP contribution in [0.5, 0.6) is 0 Å². The zero-order valence-corrected chi connectivity index (χ0v) is 18.4. The molecule has 1 aromatic heterocycles. The van der Waals surface area contributed by atoms with Crippen molar-refractivity contribution in [3.05, 3.63) is 89.0 Å². The van der Waals surface area contributed by atoms with Gasteiger partial charge in [-0.25, -0.2) is 8.42 Å². The lowest BCUT2D eigenvalue weighted by molar-refractivity contribution is 0.102. The number of fused-ring (bicyclic) bond motifs is 1. The van der Waals surface area contributed by atoms with Crippen LogP contribution in [0, 0.1) is 0 Å². The Balaban J connectivity index is 1.62. The zero-order valence-electron chi connectivity index (χ0n) is 16.0. The standard InChI is InChI=1S/C22H18BrN3O3S/c1-26(16-9-3-2-4-10-16)30(28,29)17-11-7-8-15(14-17)24-22(27)21-20(23)18-12-5-6-13-19(18)25-21/h2-14,25H,1H3,(H,24,27). The Morgan fingerprint density at radius 2 is 1.67 bits per heavy atom. The van der Waals surface area contributed by atoms with E-state index in [1.165, 1.54) is 23.5 Å².